The summed E-state index contributed by atoms with van der Waals surface area (Å²) in [7, 11) is -4.27. The van der Waals surface area contributed by atoms with E-state index in [1.165, 1.54) is 6.07 Å². The molecule has 6 aliphatic rings. The first-order chi connectivity index (χ1) is 16.0. The van der Waals surface area contributed by atoms with Crippen molar-refractivity contribution in [3.8, 4) is 5.75 Å². The van der Waals surface area contributed by atoms with Gasteiger partial charge in [-0.3, -0.25) is 4.79 Å². The van der Waals surface area contributed by atoms with Gasteiger partial charge < -0.3 is 4.74 Å². The molecule has 4 atom stereocenters. The molecular weight excluding hydrogens is 476 g/mol. The third-order valence-corrected chi connectivity index (χ3v) is 9.95. The molecule has 6 nitrogen and oxygen atoms in total. The summed E-state index contributed by atoms with van der Waals surface area (Å²) in [5, 5.41) is 0. The molecule has 0 aromatic heterocycles. The van der Waals surface area contributed by atoms with Gasteiger partial charge in [0.1, 0.15) is 17.7 Å². The zero-order chi connectivity index (χ0) is 24.0. The Morgan fingerprint density at radius 2 is 1.91 bits per heavy atom. The van der Waals surface area contributed by atoms with E-state index in [0.717, 1.165) is 23.2 Å². The summed E-state index contributed by atoms with van der Waals surface area (Å²) in [4.78, 5) is 12.6. The highest BCUT2D eigenvalue weighted by Crippen LogP contribution is 2.70. The monoisotopic (exact) mass is 502 g/mol. The Morgan fingerprint density at radius 1 is 1.18 bits per heavy atom. The normalized spacial score (nSPS) is 34.3. The van der Waals surface area contributed by atoms with Gasteiger partial charge in [0, 0.05) is 36.4 Å². The number of nitrogens with one attached hydrogen (secondary N) is 1. The van der Waals surface area contributed by atoms with Crippen molar-refractivity contribution >= 4 is 16.1 Å². The number of benzene rings is 1. The lowest BCUT2D eigenvalue weighted by Gasteiger charge is -2.32. The van der Waals surface area contributed by atoms with Gasteiger partial charge in [-0.1, -0.05) is 0 Å². The molecule has 0 radical (unpaired) electrons. The fourth-order valence-electron chi connectivity index (χ4n) is 6.75. The average molecular weight is 503 g/mol. The lowest BCUT2D eigenvalue weighted by Crippen LogP contribution is -2.56. The second-order valence-electron chi connectivity index (χ2n) is 10.8. The smallest absolute Gasteiger partial charge is 0.304 e. The molecule has 1 heterocycles. The van der Waals surface area contributed by atoms with Crippen LogP contribution >= 0.6 is 0 Å². The summed E-state index contributed by atoms with van der Waals surface area (Å²) >= 11 is 0. The summed E-state index contributed by atoms with van der Waals surface area (Å²) < 4.78 is 90.4. The van der Waals surface area contributed by atoms with Crippen LogP contribution in [0.15, 0.2) is 12.1 Å². The number of halogens is 4. The molecule has 11 heteroatoms. The number of hydrogen-bond donors (Lipinski definition) is 1. The molecule has 6 fully saturated rings. The number of carbonyl (C=O) groups is 1. The highest BCUT2D eigenvalue weighted by atomic mass is 32.2. The van der Waals surface area contributed by atoms with Crippen molar-refractivity contribution in [2.24, 2.45) is 23.2 Å². The van der Waals surface area contributed by atoms with Crippen LogP contribution in [0.3, 0.4) is 0 Å². The molecule has 186 valence electrons. The van der Waals surface area contributed by atoms with Gasteiger partial charge in [-0.05, 0) is 62.0 Å². The van der Waals surface area contributed by atoms with E-state index in [2.05, 4.69) is 0 Å². The van der Waals surface area contributed by atoms with E-state index in [1.807, 2.05) is 0 Å². The summed E-state index contributed by atoms with van der Waals surface area (Å²) in [5.41, 5.74) is -0.470. The molecule has 5 aliphatic carbocycles. The molecule has 5 saturated carbocycles. The van der Waals surface area contributed by atoms with Crippen LogP contribution in [0.4, 0.5) is 17.6 Å². The van der Waals surface area contributed by atoms with Crippen molar-refractivity contribution in [3.63, 3.8) is 0 Å². The van der Waals surface area contributed by atoms with Crippen molar-refractivity contribution in [1.82, 2.24) is 9.03 Å². The van der Waals surface area contributed by atoms with Crippen molar-refractivity contribution < 1.29 is 35.5 Å². The van der Waals surface area contributed by atoms with Crippen LogP contribution in [0, 0.1) is 29.0 Å². The lowest BCUT2D eigenvalue weighted by atomic mass is 9.76. The first-order valence-electron chi connectivity index (χ1n) is 11.8. The van der Waals surface area contributed by atoms with E-state index in [1.54, 1.807) is 4.72 Å². The zero-order valence-corrected chi connectivity index (χ0v) is 19.2. The maximum absolute atomic E-state index is 14.9. The summed E-state index contributed by atoms with van der Waals surface area (Å²) in [5.74, 6) is -5.55. The molecule has 1 N–H and O–H groups in total. The largest absolute Gasteiger partial charge is 0.493 e. The molecular formula is C23H26F4N2O4S. The Morgan fingerprint density at radius 3 is 2.59 bits per heavy atom. The molecule has 0 spiro atoms. The van der Waals surface area contributed by atoms with E-state index in [0.29, 0.717) is 37.2 Å². The topological polar surface area (TPSA) is 75.7 Å². The standard InChI is InChI=1S/C23H26F4N2O4S/c24-15-9-29(10-15)34(31,32)28-21(30)17-5-16(13-1-2-13)19(6-18(17)25)33-11-22-7-12-3-14(8-22)23(26,27)20(22)4-12/h5-6,12-15,20H,1-4,7-11H2,(H,28,30). The van der Waals surface area contributed by atoms with Gasteiger partial charge in [-0.2, -0.15) is 12.7 Å². The summed E-state index contributed by atoms with van der Waals surface area (Å²) in [6.07, 6.45) is 2.50. The fraction of sp³-hybridized carbons (Fsp3) is 0.696. The summed E-state index contributed by atoms with van der Waals surface area (Å²) in [6, 6.07) is 2.36. The van der Waals surface area contributed by atoms with Gasteiger partial charge in [0.25, 0.3) is 11.8 Å². The second-order valence-corrected chi connectivity index (χ2v) is 12.5. The predicted molar refractivity (Wildman–Crippen MR) is 113 cm³/mol. The van der Waals surface area contributed by atoms with Gasteiger partial charge in [-0.25, -0.2) is 22.3 Å². The number of rotatable bonds is 7. The van der Waals surface area contributed by atoms with E-state index < -0.39 is 56.8 Å². The first kappa shape index (κ1) is 22.6. The van der Waals surface area contributed by atoms with Crippen molar-refractivity contribution in [2.75, 3.05) is 19.7 Å². The summed E-state index contributed by atoms with van der Waals surface area (Å²) in [6.45, 7) is -0.623. The van der Waals surface area contributed by atoms with E-state index in [-0.39, 0.29) is 31.4 Å². The van der Waals surface area contributed by atoms with Gasteiger partial charge >= 0.3 is 10.2 Å². The number of carbonyl (C=O) groups excluding carboxylic acids is 1. The SMILES string of the molecule is O=C(NS(=O)(=O)N1CC(F)C1)c1cc(C2CC2)c(OCC23CC4CC(C2)C(F)(F)C3C4)cc1F. The molecule has 1 aromatic rings. The van der Waals surface area contributed by atoms with E-state index >= 15 is 0 Å². The minimum Gasteiger partial charge on any atom is -0.493 e. The van der Waals surface area contributed by atoms with Gasteiger partial charge in [0.2, 0.25) is 0 Å². The molecule has 1 aliphatic heterocycles. The molecule has 34 heavy (non-hydrogen) atoms. The number of nitrogens with zero attached hydrogens (tertiary/aromatic N) is 1. The lowest BCUT2D eigenvalue weighted by molar-refractivity contribution is -0.105. The molecule has 4 bridgehead atoms. The van der Waals surface area contributed by atoms with E-state index in [4.69, 9.17) is 4.74 Å². The molecule has 4 unspecified atom stereocenters. The Hall–Kier alpha value is -1.88. The minimum absolute atomic E-state index is 0.0386. The van der Waals surface area contributed by atoms with Gasteiger partial charge in [0.05, 0.1) is 12.2 Å². The minimum atomic E-state index is -4.27. The highest BCUT2D eigenvalue weighted by molar-refractivity contribution is 7.87. The zero-order valence-electron chi connectivity index (χ0n) is 18.4. The molecule has 1 saturated heterocycles. The third-order valence-electron chi connectivity index (χ3n) is 8.52. The number of ether oxygens (including phenoxy) is 1. The fourth-order valence-corrected chi connectivity index (χ4v) is 7.94. The second kappa shape index (κ2) is 7.32. The molecule has 7 rings (SSSR count). The van der Waals surface area contributed by atoms with E-state index in [9.17, 15) is 30.8 Å². The Labute approximate surface area is 195 Å². The van der Waals surface area contributed by atoms with Crippen LogP contribution in [-0.4, -0.2) is 50.4 Å². The molecule has 1 aromatic carbocycles. The number of amides is 1. The first-order valence-corrected chi connectivity index (χ1v) is 13.2. The van der Waals surface area contributed by atoms with Crippen LogP contribution in [0.5, 0.6) is 5.75 Å². The van der Waals surface area contributed by atoms with Crippen LogP contribution in [0.1, 0.15) is 60.4 Å². The molecule has 1 amide bonds. The highest BCUT2D eigenvalue weighted by Gasteiger charge is 2.71. The third kappa shape index (κ3) is 3.44. The van der Waals surface area contributed by atoms with Crippen LogP contribution in [-0.2, 0) is 10.2 Å². The maximum Gasteiger partial charge on any atom is 0.304 e. The predicted octanol–water partition coefficient (Wildman–Crippen LogP) is 3.78. The van der Waals surface area contributed by atoms with Crippen molar-refractivity contribution in [2.45, 2.75) is 56.5 Å². The Balaban J connectivity index is 1.22. The number of alkyl halides is 3. The van der Waals surface area contributed by atoms with Crippen LogP contribution in [0.25, 0.3) is 0 Å². The van der Waals surface area contributed by atoms with Crippen molar-refractivity contribution in [3.05, 3.63) is 29.1 Å². The van der Waals surface area contributed by atoms with Crippen LogP contribution < -0.4 is 9.46 Å². The van der Waals surface area contributed by atoms with Crippen LogP contribution in [0.2, 0.25) is 0 Å². The van der Waals surface area contributed by atoms with Gasteiger partial charge in [0.15, 0.2) is 0 Å². The van der Waals surface area contributed by atoms with Gasteiger partial charge in [-0.15, -0.1) is 0 Å². The average Bonchev–Trinajstić information content (AvgIpc) is 3.51. The maximum atomic E-state index is 14.9. The Kier molecular flexibility index (Phi) is 4.86. The quantitative estimate of drug-likeness (QED) is 0.576. The Bertz CT molecular complexity index is 1150. The number of hydrogen-bond acceptors (Lipinski definition) is 4. The van der Waals surface area contributed by atoms with Crippen molar-refractivity contribution in [1.29, 1.82) is 0 Å².